The van der Waals surface area contributed by atoms with Gasteiger partial charge in [-0.3, -0.25) is 14.5 Å². The summed E-state index contributed by atoms with van der Waals surface area (Å²) in [4.78, 5) is 26.3. The second-order valence-electron chi connectivity index (χ2n) is 6.10. The lowest BCUT2D eigenvalue weighted by molar-refractivity contribution is -0.122. The molecule has 0 N–H and O–H groups in total. The van der Waals surface area contributed by atoms with Crippen molar-refractivity contribution in [1.82, 2.24) is 9.47 Å². The van der Waals surface area contributed by atoms with Gasteiger partial charge in [0.15, 0.2) is 0 Å². The van der Waals surface area contributed by atoms with Crippen LogP contribution in [-0.4, -0.2) is 27.2 Å². The van der Waals surface area contributed by atoms with Crippen LogP contribution in [0, 0.1) is 0 Å². The molecule has 2 heterocycles. The van der Waals surface area contributed by atoms with Gasteiger partial charge in [0.1, 0.15) is 0 Å². The number of fused-ring (bicyclic) bond motifs is 1. The van der Waals surface area contributed by atoms with Crippen molar-refractivity contribution in [1.29, 1.82) is 0 Å². The molecule has 4 nitrogen and oxygen atoms in total. The maximum atomic E-state index is 12.5. The van der Waals surface area contributed by atoms with Crippen LogP contribution >= 0.6 is 11.8 Å². The van der Waals surface area contributed by atoms with E-state index in [1.807, 2.05) is 25.1 Å². The number of nitrogens with zero attached hydrogens (tertiary/aromatic N) is 2. The fraction of sp³-hybridized carbons (Fsp3) is 0.368. The minimum atomic E-state index is -0.174. The molecule has 0 radical (unpaired) electrons. The van der Waals surface area contributed by atoms with Crippen molar-refractivity contribution in [2.45, 2.75) is 39.7 Å². The van der Waals surface area contributed by atoms with Crippen LogP contribution in [0.5, 0.6) is 0 Å². The molecule has 126 valence electrons. The largest absolute Gasteiger partial charge is 0.344 e. The Labute approximate surface area is 146 Å². The maximum absolute atomic E-state index is 12.5. The quantitative estimate of drug-likeness (QED) is 0.713. The van der Waals surface area contributed by atoms with Crippen LogP contribution in [0.1, 0.15) is 45.2 Å². The average Bonchev–Trinajstić information content (AvgIpc) is 3.08. The van der Waals surface area contributed by atoms with Crippen molar-refractivity contribution >= 4 is 39.9 Å². The molecule has 1 aromatic carbocycles. The van der Waals surface area contributed by atoms with E-state index in [0.29, 0.717) is 17.5 Å². The number of hydrogen-bond donors (Lipinski definition) is 0. The number of amides is 2. The number of thioether (sulfide) groups is 1. The van der Waals surface area contributed by atoms with Crippen LogP contribution < -0.4 is 0 Å². The number of aromatic nitrogens is 1. The van der Waals surface area contributed by atoms with Crippen molar-refractivity contribution < 1.29 is 9.59 Å². The first-order valence-corrected chi connectivity index (χ1v) is 9.23. The number of para-hydroxylation sites is 1. The molecule has 24 heavy (non-hydrogen) atoms. The van der Waals surface area contributed by atoms with E-state index in [4.69, 9.17) is 0 Å². The standard InChI is InChI=1S/C19H22N2O2S/c1-4-10-20-18(22)17(24-19(20)23)11-14-12-21(13(3)5-2)16-9-7-6-8-15(14)16/h6-9,11-13H,4-5,10H2,1-3H3/b17-11+/t13-/m0/s1. The van der Waals surface area contributed by atoms with Crippen molar-refractivity contribution in [3.8, 4) is 0 Å². The fourth-order valence-corrected chi connectivity index (χ4v) is 3.82. The van der Waals surface area contributed by atoms with E-state index in [1.54, 1.807) is 0 Å². The first-order chi connectivity index (χ1) is 11.6. The summed E-state index contributed by atoms with van der Waals surface area (Å²) >= 11 is 1.04. The highest BCUT2D eigenvalue weighted by molar-refractivity contribution is 8.18. The molecule has 0 saturated carbocycles. The van der Waals surface area contributed by atoms with Gasteiger partial charge in [-0.25, -0.2) is 0 Å². The minimum absolute atomic E-state index is 0.168. The molecular formula is C19H22N2O2S. The van der Waals surface area contributed by atoms with Crippen LogP contribution in [0.15, 0.2) is 35.4 Å². The Morgan fingerprint density at radius 3 is 2.67 bits per heavy atom. The first-order valence-electron chi connectivity index (χ1n) is 8.41. The van der Waals surface area contributed by atoms with Crippen LogP contribution in [0.4, 0.5) is 4.79 Å². The summed E-state index contributed by atoms with van der Waals surface area (Å²) in [7, 11) is 0. The Hall–Kier alpha value is -2.01. The summed E-state index contributed by atoms with van der Waals surface area (Å²) in [5.41, 5.74) is 2.15. The molecule has 0 bridgehead atoms. The van der Waals surface area contributed by atoms with Crippen molar-refractivity contribution in [2.75, 3.05) is 6.54 Å². The molecule has 2 amide bonds. The Balaban J connectivity index is 2.05. The van der Waals surface area contributed by atoms with E-state index in [9.17, 15) is 9.59 Å². The Kier molecular flexibility index (Phi) is 4.81. The van der Waals surface area contributed by atoms with Gasteiger partial charge < -0.3 is 4.57 Å². The lowest BCUT2D eigenvalue weighted by Crippen LogP contribution is -2.28. The summed E-state index contributed by atoms with van der Waals surface area (Å²) in [6, 6.07) is 8.58. The monoisotopic (exact) mass is 342 g/mol. The SMILES string of the molecule is CCCN1C(=O)S/C(=C/c2cn([C@@H](C)CC)c3ccccc23)C1=O. The maximum Gasteiger partial charge on any atom is 0.293 e. The van der Waals surface area contributed by atoms with Gasteiger partial charge in [-0.05, 0) is 43.7 Å². The van der Waals surface area contributed by atoms with E-state index in [-0.39, 0.29) is 11.1 Å². The molecule has 0 spiro atoms. The van der Waals surface area contributed by atoms with Gasteiger partial charge in [-0.1, -0.05) is 32.0 Å². The molecule has 1 saturated heterocycles. The third-order valence-electron chi connectivity index (χ3n) is 4.44. The summed E-state index contributed by atoms with van der Waals surface area (Å²) in [6.07, 6.45) is 5.76. The fourth-order valence-electron chi connectivity index (χ4n) is 2.97. The number of hydrogen-bond acceptors (Lipinski definition) is 3. The molecule has 1 aliphatic rings. The van der Waals surface area contributed by atoms with E-state index in [2.05, 4.69) is 36.7 Å². The van der Waals surface area contributed by atoms with Crippen molar-refractivity contribution in [2.24, 2.45) is 0 Å². The minimum Gasteiger partial charge on any atom is -0.344 e. The van der Waals surface area contributed by atoms with E-state index in [1.165, 1.54) is 4.90 Å². The van der Waals surface area contributed by atoms with Crippen LogP contribution in [0.25, 0.3) is 17.0 Å². The second kappa shape index (κ2) is 6.85. The summed E-state index contributed by atoms with van der Waals surface area (Å²) in [5.74, 6) is -0.174. The van der Waals surface area contributed by atoms with Gasteiger partial charge in [0.2, 0.25) is 0 Å². The topological polar surface area (TPSA) is 42.3 Å². The molecule has 0 aliphatic carbocycles. The Bertz CT molecular complexity index is 822. The zero-order valence-corrected chi connectivity index (χ0v) is 15.1. The van der Waals surface area contributed by atoms with Crippen molar-refractivity contribution in [3.63, 3.8) is 0 Å². The molecule has 0 unspecified atom stereocenters. The number of carbonyl (C=O) groups is 2. The zero-order chi connectivity index (χ0) is 17.3. The molecule has 3 rings (SSSR count). The first kappa shape index (κ1) is 16.8. The van der Waals surface area contributed by atoms with Gasteiger partial charge in [-0.15, -0.1) is 0 Å². The molecule has 1 atom stereocenters. The Morgan fingerprint density at radius 1 is 1.21 bits per heavy atom. The lowest BCUT2D eigenvalue weighted by Gasteiger charge is -2.12. The van der Waals surface area contributed by atoms with E-state index in [0.717, 1.165) is 41.1 Å². The molecular weight excluding hydrogens is 320 g/mol. The number of rotatable bonds is 5. The predicted octanol–water partition coefficient (Wildman–Crippen LogP) is 5.06. The Morgan fingerprint density at radius 2 is 1.96 bits per heavy atom. The summed E-state index contributed by atoms with van der Waals surface area (Å²) < 4.78 is 2.25. The number of imide groups is 1. The van der Waals surface area contributed by atoms with Crippen molar-refractivity contribution in [3.05, 3.63) is 40.9 Å². The lowest BCUT2D eigenvalue weighted by atomic mass is 10.1. The highest BCUT2D eigenvalue weighted by Crippen LogP contribution is 2.35. The second-order valence-corrected chi connectivity index (χ2v) is 7.09. The smallest absolute Gasteiger partial charge is 0.293 e. The predicted molar refractivity (Wildman–Crippen MR) is 99.9 cm³/mol. The molecule has 1 aliphatic heterocycles. The molecule has 2 aromatic rings. The van der Waals surface area contributed by atoms with Gasteiger partial charge in [0.05, 0.1) is 4.91 Å². The van der Waals surface area contributed by atoms with Crippen LogP contribution in [0.3, 0.4) is 0 Å². The van der Waals surface area contributed by atoms with Crippen LogP contribution in [-0.2, 0) is 4.79 Å². The molecule has 1 fully saturated rings. The summed E-state index contributed by atoms with van der Waals surface area (Å²) in [6.45, 7) is 6.80. The third-order valence-corrected chi connectivity index (χ3v) is 5.35. The highest BCUT2D eigenvalue weighted by Gasteiger charge is 2.34. The van der Waals surface area contributed by atoms with Gasteiger partial charge in [0.25, 0.3) is 11.1 Å². The van der Waals surface area contributed by atoms with Gasteiger partial charge in [0, 0.05) is 35.2 Å². The third kappa shape index (κ3) is 2.88. The van der Waals surface area contributed by atoms with E-state index >= 15 is 0 Å². The van der Waals surface area contributed by atoms with Crippen LogP contribution in [0.2, 0.25) is 0 Å². The molecule has 1 aromatic heterocycles. The normalized spacial score (nSPS) is 18.1. The highest BCUT2D eigenvalue weighted by atomic mass is 32.2. The number of benzene rings is 1. The van der Waals surface area contributed by atoms with Gasteiger partial charge in [-0.2, -0.15) is 0 Å². The molecule has 5 heteroatoms. The number of carbonyl (C=O) groups excluding carboxylic acids is 2. The average molecular weight is 342 g/mol. The zero-order valence-electron chi connectivity index (χ0n) is 14.3. The van der Waals surface area contributed by atoms with Gasteiger partial charge >= 0.3 is 0 Å². The van der Waals surface area contributed by atoms with E-state index < -0.39 is 0 Å². The summed E-state index contributed by atoms with van der Waals surface area (Å²) in [5, 5.41) is 0.943.